The predicted molar refractivity (Wildman–Crippen MR) is 74.5 cm³/mol. The molecule has 1 aliphatic carbocycles. The Bertz CT molecular complexity index is 642. The lowest BCUT2D eigenvalue weighted by Gasteiger charge is -2.02. The average Bonchev–Trinajstić information content (AvgIpc) is 3.18. The summed E-state index contributed by atoms with van der Waals surface area (Å²) in [6.45, 7) is 4.18. The molecule has 1 saturated carbocycles. The number of carbonyl (C=O) groups is 1. The molecule has 0 N–H and O–H groups in total. The van der Waals surface area contributed by atoms with Gasteiger partial charge in [-0.2, -0.15) is 4.98 Å². The third-order valence-corrected chi connectivity index (χ3v) is 3.80. The summed E-state index contributed by atoms with van der Waals surface area (Å²) < 4.78 is 5.16. The Morgan fingerprint density at radius 3 is 2.80 bits per heavy atom. The number of hydrogen-bond donors (Lipinski definition) is 0. The lowest BCUT2D eigenvalue weighted by Crippen LogP contribution is -2.05. The summed E-state index contributed by atoms with van der Waals surface area (Å²) >= 11 is 0. The monoisotopic (exact) mass is 270 g/mol. The van der Waals surface area contributed by atoms with Crippen LogP contribution >= 0.6 is 0 Å². The number of hydrogen-bond acceptors (Lipinski definition) is 4. The van der Waals surface area contributed by atoms with Gasteiger partial charge in [0.05, 0.1) is 6.42 Å². The van der Waals surface area contributed by atoms with Crippen LogP contribution in [0.3, 0.4) is 0 Å². The summed E-state index contributed by atoms with van der Waals surface area (Å²) in [5, 5.41) is 3.96. The molecule has 0 amide bonds. The number of aromatic nitrogens is 2. The summed E-state index contributed by atoms with van der Waals surface area (Å²) in [6, 6.07) is 6.32. The first-order chi connectivity index (χ1) is 9.61. The van der Waals surface area contributed by atoms with Crippen molar-refractivity contribution in [3.8, 4) is 0 Å². The Balaban J connectivity index is 1.66. The van der Waals surface area contributed by atoms with Crippen molar-refractivity contribution in [3.63, 3.8) is 0 Å². The fraction of sp³-hybridized carbons (Fsp3) is 0.438. The second-order valence-electron chi connectivity index (χ2n) is 5.62. The topological polar surface area (TPSA) is 56.0 Å². The third kappa shape index (κ3) is 2.95. The van der Waals surface area contributed by atoms with Crippen molar-refractivity contribution < 1.29 is 9.32 Å². The van der Waals surface area contributed by atoms with Gasteiger partial charge in [0.2, 0.25) is 5.89 Å². The molecular weight excluding hydrogens is 252 g/mol. The minimum Gasteiger partial charge on any atom is -0.339 e. The molecule has 0 saturated heterocycles. The van der Waals surface area contributed by atoms with Gasteiger partial charge in [-0.05, 0) is 43.4 Å². The van der Waals surface area contributed by atoms with Crippen molar-refractivity contribution >= 4 is 5.78 Å². The maximum atomic E-state index is 11.7. The highest BCUT2D eigenvalue weighted by Crippen LogP contribution is 2.30. The molecule has 0 bridgehead atoms. The predicted octanol–water partition coefficient (Wildman–Crippen LogP) is 2.80. The maximum Gasteiger partial charge on any atom is 0.234 e. The average molecular weight is 270 g/mol. The normalized spacial score (nSPS) is 14.5. The van der Waals surface area contributed by atoms with Gasteiger partial charge in [0.15, 0.2) is 5.82 Å². The molecular formula is C16H18N2O2. The first kappa shape index (κ1) is 13.0. The van der Waals surface area contributed by atoms with Crippen molar-refractivity contribution in [2.75, 3.05) is 0 Å². The first-order valence-corrected chi connectivity index (χ1v) is 7.02. The van der Waals surface area contributed by atoms with E-state index in [1.54, 1.807) is 0 Å². The second kappa shape index (κ2) is 5.19. The zero-order chi connectivity index (χ0) is 14.1. The molecule has 4 heteroatoms. The van der Waals surface area contributed by atoms with Crippen LogP contribution in [0.25, 0.3) is 0 Å². The number of rotatable bonds is 5. The van der Waals surface area contributed by atoms with Gasteiger partial charge in [-0.25, -0.2) is 0 Å². The van der Waals surface area contributed by atoms with E-state index >= 15 is 0 Å². The molecule has 4 nitrogen and oxygen atoms in total. The van der Waals surface area contributed by atoms with Crippen LogP contribution in [0.5, 0.6) is 0 Å². The van der Waals surface area contributed by atoms with E-state index in [-0.39, 0.29) is 18.1 Å². The number of ketones is 1. The second-order valence-corrected chi connectivity index (χ2v) is 5.62. The smallest absolute Gasteiger partial charge is 0.234 e. The highest BCUT2D eigenvalue weighted by Gasteiger charge is 2.30. The van der Waals surface area contributed by atoms with E-state index in [4.69, 9.17) is 4.52 Å². The van der Waals surface area contributed by atoms with E-state index in [0.29, 0.717) is 18.1 Å². The van der Waals surface area contributed by atoms with Gasteiger partial charge >= 0.3 is 0 Å². The highest BCUT2D eigenvalue weighted by molar-refractivity contribution is 5.84. The molecule has 1 aromatic heterocycles. The molecule has 1 fully saturated rings. The number of carbonyl (C=O) groups excluding carboxylic acids is 1. The summed E-state index contributed by atoms with van der Waals surface area (Å²) in [4.78, 5) is 16.0. The van der Waals surface area contributed by atoms with Crippen molar-refractivity contribution in [1.29, 1.82) is 0 Å². The van der Waals surface area contributed by atoms with E-state index in [9.17, 15) is 4.79 Å². The van der Waals surface area contributed by atoms with Crippen LogP contribution in [0, 0.1) is 19.8 Å². The number of aryl methyl sites for hydroxylation is 2. The summed E-state index contributed by atoms with van der Waals surface area (Å²) in [5.41, 5.74) is 3.70. The molecule has 1 heterocycles. The molecule has 20 heavy (non-hydrogen) atoms. The summed E-state index contributed by atoms with van der Waals surface area (Å²) in [5.74, 6) is 1.56. The Morgan fingerprint density at radius 1 is 1.30 bits per heavy atom. The highest BCUT2D eigenvalue weighted by atomic mass is 16.5. The number of Topliss-reactive ketones (excluding diaryl/α,β-unsaturated/α-hetero) is 1. The van der Waals surface area contributed by atoms with E-state index in [0.717, 1.165) is 18.4 Å². The van der Waals surface area contributed by atoms with Crippen LogP contribution in [0.2, 0.25) is 0 Å². The molecule has 104 valence electrons. The quantitative estimate of drug-likeness (QED) is 0.838. The number of nitrogens with zero attached hydrogens (tertiary/aromatic N) is 2. The molecule has 1 aromatic carbocycles. The molecule has 1 aliphatic rings. The largest absolute Gasteiger partial charge is 0.339 e. The molecule has 0 unspecified atom stereocenters. The van der Waals surface area contributed by atoms with Gasteiger partial charge in [-0.15, -0.1) is 0 Å². The van der Waals surface area contributed by atoms with Crippen molar-refractivity contribution in [2.24, 2.45) is 5.92 Å². The molecule has 2 aromatic rings. The molecule has 3 rings (SSSR count). The fourth-order valence-corrected chi connectivity index (χ4v) is 2.23. The van der Waals surface area contributed by atoms with E-state index in [1.165, 1.54) is 11.1 Å². The van der Waals surface area contributed by atoms with E-state index in [1.807, 2.05) is 0 Å². The minimum absolute atomic E-state index is 0.228. The van der Waals surface area contributed by atoms with Crippen molar-refractivity contribution in [2.45, 2.75) is 39.5 Å². The Morgan fingerprint density at radius 2 is 2.10 bits per heavy atom. The first-order valence-electron chi connectivity index (χ1n) is 7.02. The molecule has 0 atom stereocenters. The third-order valence-electron chi connectivity index (χ3n) is 3.80. The molecule has 0 spiro atoms. The Kier molecular flexibility index (Phi) is 3.38. The zero-order valence-corrected chi connectivity index (χ0v) is 11.8. The van der Waals surface area contributed by atoms with Crippen LogP contribution in [0.4, 0.5) is 0 Å². The SMILES string of the molecule is Cc1ccc(Cc2noc(CC(=O)C3CC3)n2)cc1C. The van der Waals surface area contributed by atoms with Crippen LogP contribution in [0.1, 0.15) is 41.2 Å². The van der Waals surface area contributed by atoms with Crippen LogP contribution in [0.15, 0.2) is 22.7 Å². The zero-order valence-electron chi connectivity index (χ0n) is 11.8. The maximum absolute atomic E-state index is 11.7. The summed E-state index contributed by atoms with van der Waals surface area (Å²) in [7, 11) is 0. The van der Waals surface area contributed by atoms with Gasteiger partial charge < -0.3 is 4.52 Å². The Labute approximate surface area is 118 Å². The van der Waals surface area contributed by atoms with E-state index < -0.39 is 0 Å². The van der Waals surface area contributed by atoms with Crippen LogP contribution in [-0.2, 0) is 17.6 Å². The summed E-state index contributed by atoms with van der Waals surface area (Å²) in [6.07, 6.45) is 2.96. The number of benzene rings is 1. The molecule has 0 aliphatic heterocycles. The van der Waals surface area contributed by atoms with Gasteiger partial charge in [0.25, 0.3) is 0 Å². The van der Waals surface area contributed by atoms with Crippen molar-refractivity contribution in [1.82, 2.24) is 10.1 Å². The van der Waals surface area contributed by atoms with Crippen LogP contribution < -0.4 is 0 Å². The van der Waals surface area contributed by atoms with Gasteiger partial charge in [0.1, 0.15) is 5.78 Å². The molecule has 0 radical (unpaired) electrons. The van der Waals surface area contributed by atoms with Crippen molar-refractivity contribution in [3.05, 3.63) is 46.6 Å². The lowest BCUT2D eigenvalue weighted by molar-refractivity contribution is -0.119. The van der Waals surface area contributed by atoms with Gasteiger partial charge in [-0.3, -0.25) is 4.79 Å². The Hall–Kier alpha value is -1.97. The van der Waals surface area contributed by atoms with Gasteiger partial charge in [-0.1, -0.05) is 23.4 Å². The standard InChI is InChI=1S/C16H18N2O2/c1-10-3-4-12(7-11(10)2)8-15-17-16(20-18-15)9-14(19)13-5-6-13/h3-4,7,13H,5-6,8-9H2,1-2H3. The lowest BCUT2D eigenvalue weighted by atomic mass is 10.0. The van der Waals surface area contributed by atoms with E-state index in [2.05, 4.69) is 42.2 Å². The van der Waals surface area contributed by atoms with Crippen LogP contribution in [-0.4, -0.2) is 15.9 Å². The fourth-order valence-electron chi connectivity index (χ4n) is 2.23. The van der Waals surface area contributed by atoms with Gasteiger partial charge in [0, 0.05) is 12.3 Å². The minimum atomic E-state index is 0.228.